The molecule has 0 radical (unpaired) electrons. The maximum absolute atomic E-state index is 6.58. The molecule has 0 saturated carbocycles. The highest BCUT2D eigenvalue weighted by Gasteiger charge is 2.20. The van der Waals surface area contributed by atoms with Gasteiger partial charge in [-0.15, -0.1) is 0 Å². The van der Waals surface area contributed by atoms with E-state index in [0.29, 0.717) is 5.82 Å². The number of hydrogen-bond acceptors (Lipinski definition) is 4. The molecule has 0 aliphatic heterocycles. The van der Waals surface area contributed by atoms with Crippen LogP contribution in [0.4, 0.5) is 0 Å². The standard InChI is InChI=1S/C53H32N4O/c1-4-14-33(15-5-1)44-32-45(35-24-27-47-41(30-35)38-20-11-13-23-46(38)57(47)37-18-8-3-9-19-37)56-53(55-44)36-25-28-48-42(31-36)51-49(58-48)29-26-40-50(51)39-21-10-12-22-43(39)54-52(40)34-16-6-2-7-17-34/h1-32H. The van der Waals surface area contributed by atoms with Gasteiger partial charge in [0.1, 0.15) is 11.2 Å². The number of hydrogen-bond donors (Lipinski definition) is 0. The van der Waals surface area contributed by atoms with E-state index >= 15 is 0 Å². The van der Waals surface area contributed by atoms with E-state index in [2.05, 4.69) is 187 Å². The van der Waals surface area contributed by atoms with Crippen LogP contribution in [-0.4, -0.2) is 19.5 Å². The fourth-order valence-corrected chi connectivity index (χ4v) is 8.73. The van der Waals surface area contributed by atoms with Gasteiger partial charge in [-0.25, -0.2) is 15.0 Å². The predicted octanol–water partition coefficient (Wildman–Crippen LogP) is 13.8. The minimum Gasteiger partial charge on any atom is -0.456 e. The fraction of sp³-hybridized carbons (Fsp3) is 0. The molecule has 4 aromatic heterocycles. The number of aromatic nitrogens is 4. The van der Waals surface area contributed by atoms with E-state index in [1.165, 1.54) is 16.3 Å². The Morgan fingerprint density at radius 2 is 0.983 bits per heavy atom. The normalized spacial score (nSPS) is 11.8. The summed E-state index contributed by atoms with van der Waals surface area (Å²) in [5.41, 5.74) is 12.8. The van der Waals surface area contributed by atoms with E-state index in [0.717, 1.165) is 94.2 Å². The predicted molar refractivity (Wildman–Crippen MR) is 238 cm³/mol. The van der Waals surface area contributed by atoms with Crippen LogP contribution in [0.1, 0.15) is 0 Å². The van der Waals surface area contributed by atoms with Crippen molar-refractivity contribution in [3.63, 3.8) is 0 Å². The van der Waals surface area contributed by atoms with Crippen molar-refractivity contribution in [1.82, 2.24) is 19.5 Å². The van der Waals surface area contributed by atoms with E-state index in [-0.39, 0.29) is 0 Å². The third-order valence-electron chi connectivity index (χ3n) is 11.4. The lowest BCUT2D eigenvalue weighted by molar-refractivity contribution is 0.669. The third kappa shape index (κ3) is 5.07. The van der Waals surface area contributed by atoms with Crippen molar-refractivity contribution in [2.45, 2.75) is 0 Å². The van der Waals surface area contributed by atoms with Crippen LogP contribution in [0.15, 0.2) is 199 Å². The van der Waals surface area contributed by atoms with Gasteiger partial charge >= 0.3 is 0 Å². The zero-order chi connectivity index (χ0) is 38.2. The minimum atomic E-state index is 0.649. The van der Waals surface area contributed by atoms with Crippen molar-refractivity contribution in [3.05, 3.63) is 194 Å². The van der Waals surface area contributed by atoms with Crippen molar-refractivity contribution < 1.29 is 4.42 Å². The molecule has 12 rings (SSSR count). The number of pyridine rings is 1. The number of rotatable bonds is 5. The van der Waals surface area contributed by atoms with Gasteiger partial charge in [0.25, 0.3) is 0 Å². The van der Waals surface area contributed by atoms with Crippen LogP contribution in [0.3, 0.4) is 0 Å². The topological polar surface area (TPSA) is 56.7 Å². The highest BCUT2D eigenvalue weighted by Crippen LogP contribution is 2.42. The van der Waals surface area contributed by atoms with Gasteiger partial charge in [0.2, 0.25) is 0 Å². The van der Waals surface area contributed by atoms with Crippen LogP contribution in [0.5, 0.6) is 0 Å². The maximum atomic E-state index is 6.58. The monoisotopic (exact) mass is 740 g/mol. The zero-order valence-corrected chi connectivity index (χ0v) is 31.2. The average Bonchev–Trinajstić information content (AvgIpc) is 3.84. The van der Waals surface area contributed by atoms with Crippen LogP contribution in [0, 0.1) is 0 Å². The molecule has 270 valence electrons. The molecule has 4 heterocycles. The first-order valence-electron chi connectivity index (χ1n) is 19.5. The highest BCUT2D eigenvalue weighted by atomic mass is 16.3. The molecule has 0 unspecified atom stereocenters. The largest absolute Gasteiger partial charge is 0.456 e. The van der Waals surface area contributed by atoms with Crippen LogP contribution >= 0.6 is 0 Å². The Labute approximate surface area is 333 Å². The second-order valence-corrected chi connectivity index (χ2v) is 14.8. The zero-order valence-electron chi connectivity index (χ0n) is 31.2. The summed E-state index contributed by atoms with van der Waals surface area (Å²) < 4.78 is 8.92. The number of furan rings is 1. The van der Waals surface area contributed by atoms with E-state index in [9.17, 15) is 0 Å². The summed E-state index contributed by atoms with van der Waals surface area (Å²) in [6.45, 7) is 0. The molecule has 0 amide bonds. The Kier molecular flexibility index (Phi) is 7.16. The summed E-state index contributed by atoms with van der Waals surface area (Å²) >= 11 is 0. The molecule has 0 bridgehead atoms. The lowest BCUT2D eigenvalue weighted by Gasteiger charge is -2.11. The Bertz CT molecular complexity index is 3550. The molecule has 0 aliphatic carbocycles. The number of nitrogens with zero attached hydrogens (tertiary/aromatic N) is 4. The second kappa shape index (κ2) is 12.8. The molecule has 0 spiro atoms. The lowest BCUT2D eigenvalue weighted by Crippen LogP contribution is -1.96. The Hall–Kier alpha value is -7.89. The molecular formula is C53H32N4O. The van der Waals surface area contributed by atoms with Crippen LogP contribution in [0.2, 0.25) is 0 Å². The molecular weight excluding hydrogens is 709 g/mol. The molecule has 0 fully saturated rings. The first kappa shape index (κ1) is 32.4. The Morgan fingerprint density at radius 3 is 1.79 bits per heavy atom. The quantitative estimate of drug-likeness (QED) is 0.165. The molecule has 12 aromatic rings. The van der Waals surface area contributed by atoms with Crippen molar-refractivity contribution in [3.8, 4) is 50.8 Å². The molecule has 0 saturated heterocycles. The molecule has 8 aromatic carbocycles. The second-order valence-electron chi connectivity index (χ2n) is 14.8. The van der Waals surface area contributed by atoms with Gasteiger partial charge in [0.05, 0.1) is 33.6 Å². The average molecular weight is 741 g/mol. The van der Waals surface area contributed by atoms with E-state index < -0.39 is 0 Å². The molecule has 0 atom stereocenters. The summed E-state index contributed by atoms with van der Waals surface area (Å²) in [5, 5.41) is 7.74. The van der Waals surface area contributed by atoms with Crippen molar-refractivity contribution >= 4 is 65.4 Å². The summed E-state index contributed by atoms with van der Waals surface area (Å²) in [7, 11) is 0. The fourth-order valence-electron chi connectivity index (χ4n) is 8.73. The SMILES string of the molecule is c1ccc(-c2cc(-c3ccc4c(c3)c3ccccc3n4-c3ccccc3)nc(-c3ccc4oc5ccc6c(-c7ccccc7)nc7ccccc7c6c5c4c3)n2)cc1. The minimum absolute atomic E-state index is 0.649. The van der Waals surface area contributed by atoms with Gasteiger partial charge < -0.3 is 8.98 Å². The van der Waals surface area contributed by atoms with Gasteiger partial charge in [-0.3, -0.25) is 0 Å². The maximum Gasteiger partial charge on any atom is 0.160 e. The summed E-state index contributed by atoms with van der Waals surface area (Å²) in [6, 6.07) is 67.7. The number of fused-ring (bicyclic) bond motifs is 10. The number of benzene rings is 8. The van der Waals surface area contributed by atoms with E-state index in [1.807, 2.05) is 12.1 Å². The summed E-state index contributed by atoms with van der Waals surface area (Å²) in [5.74, 6) is 0.649. The highest BCUT2D eigenvalue weighted by molar-refractivity contribution is 6.28. The number of para-hydroxylation sites is 3. The molecule has 0 N–H and O–H groups in total. The van der Waals surface area contributed by atoms with E-state index in [4.69, 9.17) is 19.4 Å². The molecule has 5 nitrogen and oxygen atoms in total. The van der Waals surface area contributed by atoms with Gasteiger partial charge in [0, 0.05) is 65.6 Å². The van der Waals surface area contributed by atoms with Crippen LogP contribution in [-0.2, 0) is 0 Å². The summed E-state index contributed by atoms with van der Waals surface area (Å²) in [4.78, 5) is 15.8. The van der Waals surface area contributed by atoms with Crippen molar-refractivity contribution in [1.29, 1.82) is 0 Å². The molecule has 0 aliphatic rings. The van der Waals surface area contributed by atoms with Crippen molar-refractivity contribution in [2.24, 2.45) is 0 Å². The van der Waals surface area contributed by atoms with Gasteiger partial charge in [-0.2, -0.15) is 0 Å². The lowest BCUT2D eigenvalue weighted by atomic mass is 9.96. The smallest absolute Gasteiger partial charge is 0.160 e. The summed E-state index contributed by atoms with van der Waals surface area (Å²) in [6.07, 6.45) is 0. The first-order chi connectivity index (χ1) is 28.7. The molecule has 5 heteroatoms. The van der Waals surface area contributed by atoms with Crippen LogP contribution < -0.4 is 0 Å². The Balaban J connectivity index is 1.09. The van der Waals surface area contributed by atoms with Crippen LogP contribution in [0.25, 0.3) is 116 Å². The van der Waals surface area contributed by atoms with Gasteiger partial charge in [0.15, 0.2) is 5.82 Å². The van der Waals surface area contributed by atoms with Crippen molar-refractivity contribution in [2.75, 3.05) is 0 Å². The van der Waals surface area contributed by atoms with E-state index in [1.54, 1.807) is 0 Å². The molecule has 58 heavy (non-hydrogen) atoms. The third-order valence-corrected chi connectivity index (χ3v) is 11.4. The van der Waals surface area contributed by atoms with Gasteiger partial charge in [-0.05, 0) is 72.8 Å². The first-order valence-corrected chi connectivity index (χ1v) is 19.5. The Morgan fingerprint density at radius 1 is 0.362 bits per heavy atom. The van der Waals surface area contributed by atoms with Gasteiger partial charge in [-0.1, -0.05) is 121 Å².